The zero-order valence-corrected chi connectivity index (χ0v) is 12.9. The van der Waals surface area contributed by atoms with E-state index in [1.807, 2.05) is 0 Å². The summed E-state index contributed by atoms with van der Waals surface area (Å²) in [4.78, 5) is 11.7. The Labute approximate surface area is 134 Å². The molecule has 0 radical (unpaired) electrons. The minimum atomic E-state index is -4.35. The Morgan fingerprint density at radius 1 is 1.36 bits per heavy atom. The lowest BCUT2D eigenvalue weighted by molar-refractivity contribution is -0.137. The van der Waals surface area contributed by atoms with Crippen molar-refractivity contribution in [1.82, 2.24) is 10.6 Å². The summed E-state index contributed by atoms with van der Waals surface area (Å²) >= 11 is 0. The van der Waals surface area contributed by atoms with Crippen molar-refractivity contribution in [3.05, 3.63) is 35.4 Å². The fraction of sp³-hybridized carbons (Fsp3) is 0.533. The van der Waals surface area contributed by atoms with Crippen molar-refractivity contribution >= 4 is 18.3 Å². The van der Waals surface area contributed by atoms with Gasteiger partial charge < -0.3 is 10.6 Å². The van der Waals surface area contributed by atoms with Crippen LogP contribution in [0, 0.1) is 0 Å². The molecule has 1 fully saturated rings. The predicted octanol–water partition coefficient (Wildman–Crippen LogP) is 3.28. The van der Waals surface area contributed by atoms with E-state index < -0.39 is 11.7 Å². The maximum absolute atomic E-state index is 12.6. The van der Waals surface area contributed by atoms with Crippen LogP contribution in [0.1, 0.15) is 36.8 Å². The van der Waals surface area contributed by atoms with Gasteiger partial charge in [0.2, 0.25) is 5.91 Å². The van der Waals surface area contributed by atoms with Crippen molar-refractivity contribution in [3.63, 3.8) is 0 Å². The number of hydrogen-bond acceptors (Lipinski definition) is 2. The standard InChI is InChI=1S/C15H19F3N2O.ClH/c16-15(17,18)12-4-1-3-11(9-12)10-20-14(21)7-6-13-5-2-8-19-13;/h1,3-4,9,13,19H,2,5-8,10H2,(H,20,21);1H. The largest absolute Gasteiger partial charge is 0.416 e. The van der Waals surface area contributed by atoms with Crippen molar-refractivity contribution in [3.8, 4) is 0 Å². The smallest absolute Gasteiger partial charge is 0.352 e. The van der Waals surface area contributed by atoms with Gasteiger partial charge in [-0.1, -0.05) is 12.1 Å². The second kappa shape index (κ2) is 8.39. The monoisotopic (exact) mass is 336 g/mol. The van der Waals surface area contributed by atoms with Crippen LogP contribution in [0.2, 0.25) is 0 Å². The van der Waals surface area contributed by atoms with Crippen LogP contribution in [0.25, 0.3) is 0 Å². The lowest BCUT2D eigenvalue weighted by atomic mass is 10.1. The van der Waals surface area contributed by atoms with Gasteiger partial charge >= 0.3 is 6.18 Å². The average Bonchev–Trinajstić information content (AvgIpc) is 2.95. The zero-order chi connectivity index (χ0) is 15.3. The molecule has 1 saturated heterocycles. The number of nitrogens with one attached hydrogen (secondary N) is 2. The van der Waals surface area contributed by atoms with E-state index in [0.29, 0.717) is 18.0 Å². The van der Waals surface area contributed by atoms with Crippen molar-refractivity contribution in [2.24, 2.45) is 0 Å². The molecule has 1 aliphatic heterocycles. The number of rotatable bonds is 5. The molecular weight excluding hydrogens is 317 g/mol. The molecule has 1 unspecified atom stereocenters. The van der Waals surface area contributed by atoms with E-state index >= 15 is 0 Å². The van der Waals surface area contributed by atoms with Gasteiger partial charge in [-0.15, -0.1) is 12.4 Å². The van der Waals surface area contributed by atoms with Gasteiger partial charge in [-0.05, 0) is 43.5 Å². The molecule has 0 saturated carbocycles. The Kier molecular flexibility index (Phi) is 7.16. The zero-order valence-electron chi connectivity index (χ0n) is 12.1. The van der Waals surface area contributed by atoms with E-state index in [2.05, 4.69) is 10.6 Å². The van der Waals surface area contributed by atoms with E-state index in [1.165, 1.54) is 6.07 Å². The number of carbonyl (C=O) groups is 1. The summed E-state index contributed by atoms with van der Waals surface area (Å²) in [6.45, 7) is 1.12. The Bertz CT molecular complexity index is 488. The number of benzene rings is 1. The van der Waals surface area contributed by atoms with Crippen LogP contribution in [0.3, 0.4) is 0 Å². The third-order valence-corrected chi connectivity index (χ3v) is 3.63. The predicted molar refractivity (Wildman–Crippen MR) is 80.8 cm³/mol. The van der Waals surface area contributed by atoms with Crippen LogP contribution in [0.5, 0.6) is 0 Å². The summed E-state index contributed by atoms with van der Waals surface area (Å²) in [7, 11) is 0. The highest BCUT2D eigenvalue weighted by Gasteiger charge is 2.30. The van der Waals surface area contributed by atoms with Gasteiger partial charge in [-0.3, -0.25) is 4.79 Å². The van der Waals surface area contributed by atoms with Crippen LogP contribution in [-0.4, -0.2) is 18.5 Å². The number of halogens is 4. The Morgan fingerprint density at radius 3 is 2.77 bits per heavy atom. The molecule has 1 aromatic rings. The van der Waals surface area contributed by atoms with E-state index in [9.17, 15) is 18.0 Å². The van der Waals surface area contributed by atoms with Crippen LogP contribution < -0.4 is 10.6 Å². The molecule has 2 N–H and O–H groups in total. The van der Waals surface area contributed by atoms with E-state index in [1.54, 1.807) is 6.07 Å². The molecule has 22 heavy (non-hydrogen) atoms. The van der Waals surface area contributed by atoms with Gasteiger partial charge in [0.15, 0.2) is 0 Å². The summed E-state index contributed by atoms with van der Waals surface area (Å²) in [5.41, 5.74) is -0.235. The van der Waals surface area contributed by atoms with E-state index in [-0.39, 0.29) is 24.9 Å². The SMILES string of the molecule is Cl.O=C(CCC1CCCN1)NCc1cccc(C(F)(F)F)c1. The lowest BCUT2D eigenvalue weighted by Crippen LogP contribution is -2.27. The van der Waals surface area contributed by atoms with Crippen molar-refractivity contribution in [2.75, 3.05) is 6.54 Å². The molecular formula is C15H20ClF3N2O. The maximum atomic E-state index is 12.6. The number of carbonyl (C=O) groups excluding carboxylic acids is 1. The highest BCUT2D eigenvalue weighted by atomic mass is 35.5. The second-order valence-electron chi connectivity index (χ2n) is 5.31. The molecule has 3 nitrogen and oxygen atoms in total. The van der Waals surface area contributed by atoms with Crippen LogP contribution in [-0.2, 0) is 17.5 Å². The minimum Gasteiger partial charge on any atom is -0.352 e. The molecule has 1 aliphatic rings. The first-order valence-electron chi connectivity index (χ1n) is 7.11. The number of amides is 1. The Balaban J connectivity index is 0.00000242. The quantitative estimate of drug-likeness (QED) is 0.866. The summed E-state index contributed by atoms with van der Waals surface area (Å²) in [5.74, 6) is -0.124. The van der Waals surface area contributed by atoms with Gasteiger partial charge in [0.25, 0.3) is 0 Å². The molecule has 0 aromatic heterocycles. The van der Waals surface area contributed by atoms with Crippen LogP contribution in [0.15, 0.2) is 24.3 Å². The van der Waals surface area contributed by atoms with E-state index in [4.69, 9.17) is 0 Å². The molecule has 2 rings (SSSR count). The summed E-state index contributed by atoms with van der Waals surface area (Å²) in [6, 6.07) is 5.42. The molecule has 0 bridgehead atoms. The molecule has 1 atom stereocenters. The third-order valence-electron chi connectivity index (χ3n) is 3.63. The van der Waals surface area contributed by atoms with Crippen molar-refractivity contribution in [2.45, 2.75) is 44.4 Å². The Morgan fingerprint density at radius 2 is 2.14 bits per heavy atom. The summed E-state index contributed by atoms with van der Waals surface area (Å²) < 4.78 is 37.7. The van der Waals surface area contributed by atoms with Crippen LogP contribution in [0.4, 0.5) is 13.2 Å². The summed E-state index contributed by atoms with van der Waals surface area (Å²) in [5, 5.41) is 5.97. The highest BCUT2D eigenvalue weighted by Crippen LogP contribution is 2.29. The van der Waals surface area contributed by atoms with Crippen LogP contribution >= 0.6 is 12.4 Å². The topological polar surface area (TPSA) is 41.1 Å². The average molecular weight is 337 g/mol. The molecule has 1 aromatic carbocycles. The van der Waals surface area contributed by atoms with Gasteiger partial charge in [0.05, 0.1) is 5.56 Å². The lowest BCUT2D eigenvalue weighted by Gasteiger charge is -2.11. The molecule has 124 valence electrons. The first kappa shape index (κ1) is 18.8. The molecule has 0 spiro atoms. The van der Waals surface area contributed by atoms with Crippen molar-refractivity contribution < 1.29 is 18.0 Å². The normalized spacial score (nSPS) is 17.9. The van der Waals surface area contributed by atoms with Gasteiger partial charge in [0.1, 0.15) is 0 Å². The fourth-order valence-corrected chi connectivity index (χ4v) is 2.46. The minimum absolute atomic E-state index is 0. The van der Waals surface area contributed by atoms with Crippen molar-refractivity contribution in [1.29, 1.82) is 0 Å². The maximum Gasteiger partial charge on any atom is 0.416 e. The van der Waals surface area contributed by atoms with Gasteiger partial charge in [-0.25, -0.2) is 0 Å². The molecule has 1 amide bonds. The third kappa shape index (κ3) is 5.85. The van der Waals surface area contributed by atoms with Gasteiger partial charge in [0, 0.05) is 19.0 Å². The summed E-state index contributed by atoms with van der Waals surface area (Å²) in [6.07, 6.45) is -0.962. The number of hydrogen-bond donors (Lipinski definition) is 2. The molecule has 1 heterocycles. The number of alkyl halides is 3. The highest BCUT2D eigenvalue weighted by molar-refractivity contribution is 5.85. The fourth-order valence-electron chi connectivity index (χ4n) is 2.46. The first-order chi connectivity index (χ1) is 9.95. The Hall–Kier alpha value is -1.27. The first-order valence-corrected chi connectivity index (χ1v) is 7.11. The molecule has 7 heteroatoms. The molecule has 0 aliphatic carbocycles. The second-order valence-corrected chi connectivity index (χ2v) is 5.31. The van der Waals surface area contributed by atoms with E-state index in [0.717, 1.165) is 37.9 Å². The van der Waals surface area contributed by atoms with Gasteiger partial charge in [-0.2, -0.15) is 13.2 Å².